The number of hydrogen-bond donors (Lipinski definition) is 2. The zero-order chi connectivity index (χ0) is 16.1. The molecule has 1 heterocycles. The molecule has 23 heavy (non-hydrogen) atoms. The fraction of sp³-hybridized carbons (Fsp3) is 0.500. The minimum absolute atomic E-state index is 0. The molecule has 0 bridgehead atoms. The van der Waals surface area contributed by atoms with Crippen molar-refractivity contribution in [1.29, 1.82) is 0 Å². The Morgan fingerprint density at radius 3 is 2.57 bits per heavy atom. The van der Waals surface area contributed by atoms with E-state index in [1.165, 1.54) is 0 Å². The maximum Gasteiger partial charge on any atom is 0.255 e. The second-order valence-corrected chi connectivity index (χ2v) is 5.72. The van der Waals surface area contributed by atoms with Crippen LogP contribution in [0.4, 0.5) is 5.69 Å². The minimum atomic E-state index is -0.143. The van der Waals surface area contributed by atoms with Gasteiger partial charge in [-0.2, -0.15) is 0 Å². The number of nitrogens with zero attached hydrogens (tertiary/aromatic N) is 1. The predicted molar refractivity (Wildman–Crippen MR) is 95.6 cm³/mol. The molecule has 1 aliphatic heterocycles. The molecule has 1 unspecified atom stereocenters. The van der Waals surface area contributed by atoms with Crippen molar-refractivity contribution < 1.29 is 9.59 Å². The van der Waals surface area contributed by atoms with Gasteiger partial charge in [-0.3, -0.25) is 9.59 Å². The summed E-state index contributed by atoms with van der Waals surface area (Å²) in [6.07, 6.45) is 1.86. The first-order valence-corrected chi connectivity index (χ1v) is 8.07. The summed E-state index contributed by atoms with van der Waals surface area (Å²) in [5, 5.41) is 6.34. The fourth-order valence-corrected chi connectivity index (χ4v) is 2.85. The highest BCUT2D eigenvalue weighted by molar-refractivity contribution is 6.34. The fourth-order valence-electron chi connectivity index (χ4n) is 2.59. The summed E-state index contributed by atoms with van der Waals surface area (Å²) < 4.78 is 0. The molecule has 0 saturated carbocycles. The molecule has 0 aliphatic carbocycles. The lowest BCUT2D eigenvalue weighted by Gasteiger charge is -2.19. The van der Waals surface area contributed by atoms with Crippen LogP contribution in [-0.4, -0.2) is 42.4 Å². The summed E-state index contributed by atoms with van der Waals surface area (Å²) in [7, 11) is 0. The number of halogens is 2. The molecule has 0 aromatic heterocycles. The molecule has 128 valence electrons. The van der Waals surface area contributed by atoms with Crippen molar-refractivity contribution in [3.05, 3.63) is 28.8 Å². The van der Waals surface area contributed by atoms with Crippen LogP contribution in [-0.2, 0) is 4.79 Å². The number of anilines is 1. The number of carbonyl (C=O) groups is 2. The smallest absolute Gasteiger partial charge is 0.255 e. The van der Waals surface area contributed by atoms with Gasteiger partial charge in [-0.05, 0) is 51.4 Å². The lowest BCUT2D eigenvalue weighted by molar-refractivity contribution is -0.117. The summed E-state index contributed by atoms with van der Waals surface area (Å²) in [5.74, 6) is -0.151. The van der Waals surface area contributed by atoms with Gasteiger partial charge in [0.05, 0.1) is 16.6 Å². The molecule has 1 aromatic rings. The lowest BCUT2D eigenvalue weighted by Crippen LogP contribution is -2.35. The molecule has 1 fully saturated rings. The average Bonchev–Trinajstić information content (AvgIpc) is 3.02. The SMILES string of the molecule is CCN(CC)C(=O)c1ccc(NC(=O)C2CCCN2)cc1Cl.Cl. The molecule has 1 atom stereocenters. The Kier molecular flexibility index (Phi) is 7.82. The highest BCUT2D eigenvalue weighted by Gasteiger charge is 2.22. The van der Waals surface area contributed by atoms with Crippen LogP contribution in [0.1, 0.15) is 37.0 Å². The molecule has 5 nitrogen and oxygen atoms in total. The third-order valence-corrected chi connectivity index (χ3v) is 4.21. The number of rotatable bonds is 5. The van der Waals surface area contributed by atoms with Crippen molar-refractivity contribution in [2.45, 2.75) is 32.7 Å². The van der Waals surface area contributed by atoms with E-state index >= 15 is 0 Å². The van der Waals surface area contributed by atoms with Crippen molar-refractivity contribution in [1.82, 2.24) is 10.2 Å². The lowest BCUT2D eigenvalue weighted by atomic mass is 10.1. The Morgan fingerprint density at radius 2 is 2.04 bits per heavy atom. The maximum atomic E-state index is 12.3. The van der Waals surface area contributed by atoms with Crippen molar-refractivity contribution in [2.75, 3.05) is 25.0 Å². The highest BCUT2D eigenvalue weighted by atomic mass is 35.5. The third-order valence-electron chi connectivity index (χ3n) is 3.89. The Bertz CT molecular complexity index is 556. The van der Waals surface area contributed by atoms with Crippen molar-refractivity contribution >= 4 is 41.5 Å². The summed E-state index contributed by atoms with van der Waals surface area (Å²) in [6, 6.07) is 4.87. The Hall–Kier alpha value is -1.30. The molecule has 2 rings (SSSR count). The van der Waals surface area contributed by atoms with Crippen molar-refractivity contribution in [3.63, 3.8) is 0 Å². The molecule has 7 heteroatoms. The van der Waals surface area contributed by atoms with Gasteiger partial charge in [-0.1, -0.05) is 11.6 Å². The van der Waals surface area contributed by atoms with Gasteiger partial charge < -0.3 is 15.5 Å². The van der Waals surface area contributed by atoms with E-state index in [-0.39, 0.29) is 30.3 Å². The van der Waals surface area contributed by atoms with Crippen molar-refractivity contribution in [2.24, 2.45) is 0 Å². The Morgan fingerprint density at radius 1 is 1.35 bits per heavy atom. The van der Waals surface area contributed by atoms with E-state index in [4.69, 9.17) is 11.6 Å². The number of hydrogen-bond acceptors (Lipinski definition) is 3. The van der Waals surface area contributed by atoms with Crippen molar-refractivity contribution in [3.8, 4) is 0 Å². The Labute approximate surface area is 148 Å². The third kappa shape index (κ3) is 4.83. The molecule has 2 amide bonds. The zero-order valence-corrected chi connectivity index (χ0v) is 15.0. The molecule has 0 spiro atoms. The second kappa shape index (κ2) is 9.11. The summed E-state index contributed by atoms with van der Waals surface area (Å²) in [5.41, 5.74) is 1.07. The monoisotopic (exact) mass is 359 g/mol. The van der Waals surface area contributed by atoms with Crippen LogP contribution < -0.4 is 10.6 Å². The van der Waals surface area contributed by atoms with Gasteiger partial charge in [0, 0.05) is 18.8 Å². The van der Waals surface area contributed by atoms with Crippen LogP contribution in [0.25, 0.3) is 0 Å². The molecular formula is C16H23Cl2N3O2. The number of carbonyl (C=O) groups excluding carboxylic acids is 2. The van der Waals surface area contributed by atoms with E-state index in [0.29, 0.717) is 29.4 Å². The van der Waals surface area contributed by atoms with E-state index in [0.717, 1.165) is 19.4 Å². The van der Waals surface area contributed by atoms with Gasteiger partial charge in [-0.15, -0.1) is 12.4 Å². The molecule has 2 N–H and O–H groups in total. The van der Waals surface area contributed by atoms with E-state index in [1.807, 2.05) is 13.8 Å². The molecule has 1 aromatic carbocycles. The standard InChI is InChI=1S/C16H22ClN3O2.ClH/c1-3-20(4-2)16(22)12-8-7-11(10-13(12)17)19-15(21)14-6-5-9-18-14;/h7-8,10,14,18H,3-6,9H2,1-2H3,(H,19,21);1H. The van der Waals surface area contributed by atoms with Crippen LogP contribution in [0.3, 0.4) is 0 Å². The van der Waals surface area contributed by atoms with Crippen LogP contribution in [0, 0.1) is 0 Å². The van der Waals surface area contributed by atoms with E-state index in [2.05, 4.69) is 10.6 Å². The molecular weight excluding hydrogens is 337 g/mol. The van der Waals surface area contributed by atoms with Gasteiger partial charge in [0.2, 0.25) is 5.91 Å². The van der Waals surface area contributed by atoms with Crippen LogP contribution in [0.5, 0.6) is 0 Å². The van der Waals surface area contributed by atoms with E-state index < -0.39 is 0 Å². The molecule has 1 saturated heterocycles. The predicted octanol–water partition coefficient (Wildman–Crippen LogP) is 2.93. The highest BCUT2D eigenvalue weighted by Crippen LogP contribution is 2.23. The van der Waals surface area contributed by atoms with Crippen LogP contribution in [0.2, 0.25) is 5.02 Å². The molecule has 1 aliphatic rings. The Balaban J connectivity index is 0.00000264. The number of nitrogens with one attached hydrogen (secondary N) is 2. The summed E-state index contributed by atoms with van der Waals surface area (Å²) >= 11 is 6.21. The maximum absolute atomic E-state index is 12.3. The van der Waals surface area contributed by atoms with Gasteiger partial charge in [0.15, 0.2) is 0 Å². The normalized spacial score (nSPS) is 16.6. The van der Waals surface area contributed by atoms with Gasteiger partial charge >= 0.3 is 0 Å². The first-order chi connectivity index (χ1) is 10.6. The largest absolute Gasteiger partial charge is 0.339 e. The minimum Gasteiger partial charge on any atom is -0.339 e. The van der Waals surface area contributed by atoms with Crippen LogP contribution in [0.15, 0.2) is 18.2 Å². The first-order valence-electron chi connectivity index (χ1n) is 7.69. The summed E-state index contributed by atoms with van der Waals surface area (Å²) in [4.78, 5) is 26.1. The molecule has 0 radical (unpaired) electrons. The summed E-state index contributed by atoms with van der Waals surface area (Å²) in [6.45, 7) is 6.00. The first kappa shape index (κ1) is 19.7. The topological polar surface area (TPSA) is 61.4 Å². The van der Waals surface area contributed by atoms with Gasteiger partial charge in [0.1, 0.15) is 0 Å². The van der Waals surface area contributed by atoms with Gasteiger partial charge in [0.25, 0.3) is 5.91 Å². The quantitative estimate of drug-likeness (QED) is 0.849. The number of benzene rings is 1. The zero-order valence-electron chi connectivity index (χ0n) is 13.4. The number of amides is 2. The van der Waals surface area contributed by atoms with E-state index in [1.54, 1.807) is 23.1 Å². The van der Waals surface area contributed by atoms with Crippen LogP contribution >= 0.6 is 24.0 Å². The average molecular weight is 360 g/mol. The van der Waals surface area contributed by atoms with Gasteiger partial charge in [-0.25, -0.2) is 0 Å². The second-order valence-electron chi connectivity index (χ2n) is 5.31. The van der Waals surface area contributed by atoms with E-state index in [9.17, 15) is 9.59 Å².